The van der Waals surface area contributed by atoms with Gasteiger partial charge in [0.2, 0.25) is 0 Å². The number of fused-ring (bicyclic) bond motifs is 6. The van der Waals surface area contributed by atoms with E-state index in [1.54, 1.807) is 0 Å². The molecule has 4 aromatic carbocycles. The summed E-state index contributed by atoms with van der Waals surface area (Å²) in [5, 5.41) is 51.3. The van der Waals surface area contributed by atoms with E-state index in [4.69, 9.17) is 0 Å². The molecule has 0 aliphatic heterocycles. The Bertz CT molecular complexity index is 4760. The summed E-state index contributed by atoms with van der Waals surface area (Å²) in [6.45, 7) is -4.89. The fraction of sp³-hybridized carbons (Fsp3) is 0.491. The third-order valence-corrected chi connectivity index (χ3v) is 21.2. The number of nitro benzene ring substituents is 4. The lowest BCUT2D eigenvalue weighted by molar-refractivity contribution is -0.386. The molecule has 6 rings (SSSR count). The molecule has 0 unspecified atom stereocenters. The van der Waals surface area contributed by atoms with Crippen LogP contribution in [0.3, 0.4) is 0 Å². The second kappa shape index (κ2) is 32.6. The second-order valence-corrected chi connectivity index (χ2v) is 29.8. The molecule has 0 amide bonds. The molecule has 0 saturated carbocycles. The number of rotatable bonds is 37. The van der Waals surface area contributed by atoms with E-state index in [1.165, 1.54) is 19.6 Å². The maximum atomic E-state index is 14.7. The maximum absolute atomic E-state index is 14.7. The van der Waals surface area contributed by atoms with Gasteiger partial charge in [0.15, 0.2) is 0 Å². The number of benzene rings is 4. The summed E-state index contributed by atoms with van der Waals surface area (Å²) in [7, 11) is -27.3. The van der Waals surface area contributed by atoms with E-state index in [1.807, 2.05) is 0 Å². The first-order valence-corrected chi connectivity index (χ1v) is 35.4. The standard InChI is InChI=1S/C49H24F32N4O20S4.C6H15N/c50-34(51)42(66,67)46(74,75)38(58,59)12-102-106(94,95)16-4-22-20(23-5-17(9-27(83(88)89)31(23)30(22)26(8-16)82(86)87)107(96,97)103-13-39(60,61)47(76,77)43(68,69)35(52)53)2-1-3-21-24-6-18(108(98,99)104-14-40(62,63)48(78,79)44(70,71)36(54)55)10-28(84(90)91)32(24)33-25(21)7-19(11-29(33)85(92)93)109(100,101)105-15-41(64,65)49(80,81)45(72,73)37(56)57;1-4-7(5-2)6-3/h1-11,20,34-37H,12-15H2;4-6H2,1-3H3/b2-1-;. The van der Waals surface area contributed by atoms with Crippen molar-refractivity contribution in [1.82, 2.24) is 4.90 Å². The lowest BCUT2D eigenvalue weighted by Crippen LogP contribution is -2.59. The Balaban J connectivity index is 0.00000327. The van der Waals surface area contributed by atoms with E-state index in [0.29, 0.717) is 0 Å². The molecule has 2 aliphatic rings. The minimum absolute atomic E-state index is 0.0509. The highest BCUT2D eigenvalue weighted by atomic mass is 32.2. The Kier molecular flexibility index (Phi) is 27.5. The first-order chi connectivity index (χ1) is 52.1. The summed E-state index contributed by atoms with van der Waals surface area (Å²) in [6.07, 6.45) is -23.2. The number of nitrogens with zero attached hydrogens (tertiary/aromatic N) is 5. The van der Waals surface area contributed by atoms with Gasteiger partial charge < -0.3 is 4.90 Å². The molecule has 0 fully saturated rings. The van der Waals surface area contributed by atoms with Crippen LogP contribution in [-0.4, -0.2) is 201 Å². The molecule has 652 valence electrons. The summed E-state index contributed by atoms with van der Waals surface area (Å²) in [5.74, 6) is -88.5. The zero-order valence-electron chi connectivity index (χ0n) is 55.8. The van der Waals surface area contributed by atoms with Crippen LogP contribution in [-0.2, 0) is 57.2 Å². The number of allylic oxidation sites excluding steroid dienone is 3. The number of halogens is 32. The van der Waals surface area contributed by atoms with Crippen molar-refractivity contribution in [2.24, 2.45) is 0 Å². The van der Waals surface area contributed by atoms with Crippen molar-refractivity contribution in [3.63, 3.8) is 0 Å². The Morgan fingerprint density at radius 3 is 0.759 bits per heavy atom. The van der Waals surface area contributed by atoms with Gasteiger partial charge in [-0.15, -0.1) is 0 Å². The number of hydrogen-bond donors (Lipinski definition) is 0. The van der Waals surface area contributed by atoms with Crippen LogP contribution < -0.4 is 0 Å². The van der Waals surface area contributed by atoms with Crippen LogP contribution in [0.15, 0.2) is 86.3 Å². The van der Waals surface area contributed by atoms with Gasteiger partial charge in [-0.1, -0.05) is 39.0 Å². The molecule has 116 heavy (non-hydrogen) atoms. The Morgan fingerprint density at radius 2 is 0.569 bits per heavy atom. The number of hydrogen-bond acceptors (Lipinski definition) is 21. The average Bonchev–Trinajstić information content (AvgIpc) is 1.61. The first-order valence-electron chi connectivity index (χ1n) is 29.7. The Labute approximate surface area is 623 Å². The van der Waals surface area contributed by atoms with Gasteiger partial charge in [-0.25, -0.2) is 35.1 Å². The molecule has 0 spiro atoms. The fourth-order valence-electron chi connectivity index (χ4n) is 9.98. The predicted octanol–water partition coefficient (Wildman–Crippen LogP) is 16.0. The molecule has 0 bridgehead atoms. The van der Waals surface area contributed by atoms with Crippen LogP contribution in [0.1, 0.15) is 48.9 Å². The van der Waals surface area contributed by atoms with Gasteiger partial charge in [0.1, 0.15) is 46.0 Å². The summed E-state index contributed by atoms with van der Waals surface area (Å²) in [4.78, 5) is 36.7. The molecule has 0 saturated heterocycles. The van der Waals surface area contributed by atoms with Crippen LogP contribution in [0.5, 0.6) is 0 Å². The summed E-state index contributed by atoms with van der Waals surface area (Å²) in [5.41, 5.74) is -23.8. The van der Waals surface area contributed by atoms with Gasteiger partial charge in [0.05, 0.1) is 41.9 Å². The maximum Gasteiger partial charge on any atom is 0.380 e. The van der Waals surface area contributed by atoms with Gasteiger partial charge >= 0.3 is 96.8 Å². The average molecular weight is 1830 g/mol. The van der Waals surface area contributed by atoms with Gasteiger partial charge in [-0.3, -0.25) is 57.2 Å². The minimum atomic E-state index is -7.39. The zero-order valence-corrected chi connectivity index (χ0v) is 59.1. The zero-order chi connectivity index (χ0) is 90.1. The summed E-state index contributed by atoms with van der Waals surface area (Å²) >= 11 is 0. The van der Waals surface area contributed by atoms with Crippen molar-refractivity contribution in [2.75, 3.05) is 46.1 Å². The van der Waals surface area contributed by atoms with E-state index in [-0.39, 0.29) is 42.5 Å². The summed E-state index contributed by atoms with van der Waals surface area (Å²) in [6, 6.07) is -3.72. The normalized spacial score (nSPS) is 14.9. The van der Waals surface area contributed by atoms with E-state index in [9.17, 15) is 215 Å². The third-order valence-electron chi connectivity index (χ3n) is 16.2. The summed E-state index contributed by atoms with van der Waals surface area (Å²) < 4.78 is 568. The molecule has 0 radical (unpaired) electrons. The smallest absolute Gasteiger partial charge is 0.304 e. The van der Waals surface area contributed by atoms with Crippen molar-refractivity contribution in [3.05, 3.63) is 129 Å². The van der Waals surface area contributed by atoms with Gasteiger partial charge in [0.25, 0.3) is 63.2 Å². The molecule has 4 aromatic rings. The molecule has 25 nitrogen and oxygen atoms in total. The van der Waals surface area contributed by atoms with E-state index in [0.717, 1.165) is 0 Å². The van der Waals surface area contributed by atoms with Crippen LogP contribution in [0.25, 0.3) is 27.8 Å². The number of nitro groups is 4. The van der Waals surface area contributed by atoms with E-state index >= 15 is 0 Å². The minimum Gasteiger partial charge on any atom is -0.304 e. The molecule has 0 N–H and O–H groups in total. The largest absolute Gasteiger partial charge is 0.380 e. The third kappa shape index (κ3) is 17.6. The topological polar surface area (TPSA) is 349 Å². The Morgan fingerprint density at radius 1 is 0.362 bits per heavy atom. The molecular weight excluding hydrogens is 1790 g/mol. The monoisotopic (exact) mass is 1830 g/mol. The molecule has 61 heteroatoms. The fourth-order valence-corrected chi connectivity index (χ4v) is 13.8. The van der Waals surface area contributed by atoms with Crippen molar-refractivity contribution >= 4 is 68.8 Å². The van der Waals surface area contributed by atoms with Crippen molar-refractivity contribution in [2.45, 2.75) is 143 Å². The van der Waals surface area contributed by atoms with E-state index < -0.39 is 306 Å². The molecule has 2 aliphatic carbocycles. The van der Waals surface area contributed by atoms with Gasteiger partial charge in [-0.05, 0) is 71.7 Å². The lowest BCUT2D eigenvalue weighted by atomic mass is 9.95. The Hall–Kier alpha value is -8.68. The van der Waals surface area contributed by atoms with Crippen molar-refractivity contribution in [3.8, 4) is 22.3 Å². The molecule has 0 atom stereocenters. The van der Waals surface area contributed by atoms with Crippen molar-refractivity contribution in [1.29, 1.82) is 0 Å². The van der Waals surface area contributed by atoms with Gasteiger partial charge in [0, 0.05) is 30.2 Å². The second-order valence-electron chi connectivity index (χ2n) is 23.3. The quantitative estimate of drug-likeness (QED) is 0.0154. The first kappa shape index (κ1) is 97.9. The number of alkyl halides is 32. The highest BCUT2D eigenvalue weighted by Gasteiger charge is 2.79. The van der Waals surface area contributed by atoms with Crippen molar-refractivity contribution < 1.29 is 211 Å². The molecular formula is C55H39F32N5O20S4. The molecule has 0 heterocycles. The van der Waals surface area contributed by atoms with Crippen LogP contribution in [0, 0.1) is 40.5 Å². The predicted molar refractivity (Wildman–Crippen MR) is 318 cm³/mol. The van der Waals surface area contributed by atoms with E-state index in [2.05, 4.69) is 42.4 Å². The highest BCUT2D eigenvalue weighted by molar-refractivity contribution is 7.87. The molecule has 0 aromatic heterocycles. The SMILES string of the molecule is CCN(CC)CC.O=[N+]([O-])c1cc(S(=O)(=O)OCC(F)(F)C(F)(F)C(F)(F)C(F)F)cc2c1-c1c(cc(S(=O)(=O)OCC(F)(F)C(F)(F)C(F)(F)C(F)F)cc1[N+](=O)[O-])C2=C/C=C\C1c2cc(S(=O)(=O)OCC(F)(F)C(F)(F)C(F)(F)C(F)F)cc([N+](=O)[O-])c2-c2c1cc(S(=O)(=O)OCC(F)(F)C(F)(F)C(F)(F)C(F)F)cc2[N+](=O)[O-]. The van der Waals surface area contributed by atoms with Crippen LogP contribution >= 0.6 is 0 Å². The van der Waals surface area contributed by atoms with Crippen LogP contribution in [0.2, 0.25) is 0 Å². The highest BCUT2D eigenvalue weighted by Crippen LogP contribution is 2.59. The lowest BCUT2D eigenvalue weighted by Gasteiger charge is -2.31. The van der Waals surface area contributed by atoms with Crippen LogP contribution in [0.4, 0.5) is 163 Å². The van der Waals surface area contributed by atoms with Gasteiger partial charge in [-0.2, -0.15) is 139 Å².